The van der Waals surface area contributed by atoms with E-state index in [9.17, 15) is 0 Å². The molecular weight excluding hydrogens is 252 g/mol. The summed E-state index contributed by atoms with van der Waals surface area (Å²) in [5, 5.41) is 0. The van der Waals surface area contributed by atoms with Crippen LogP contribution in [-0.4, -0.2) is 21.5 Å². The third-order valence-electron chi connectivity index (χ3n) is 4.24. The lowest BCUT2D eigenvalue weighted by Crippen LogP contribution is -2.36. The van der Waals surface area contributed by atoms with Crippen LogP contribution in [-0.2, 0) is 15.8 Å². The molecule has 1 fully saturated rings. The molecule has 1 aliphatic rings. The van der Waals surface area contributed by atoms with Crippen molar-refractivity contribution in [1.82, 2.24) is 0 Å². The summed E-state index contributed by atoms with van der Waals surface area (Å²) >= 11 is 0. The van der Waals surface area contributed by atoms with Gasteiger partial charge >= 0.3 is 0 Å². The van der Waals surface area contributed by atoms with Gasteiger partial charge in [-0.1, -0.05) is 44.2 Å². The zero-order valence-corrected chi connectivity index (χ0v) is 13.6. The summed E-state index contributed by atoms with van der Waals surface area (Å²) in [6.45, 7) is 11.8. The van der Waals surface area contributed by atoms with E-state index < -0.39 is 8.32 Å². The van der Waals surface area contributed by atoms with Crippen LogP contribution in [0, 0.1) is 11.8 Å². The fourth-order valence-corrected chi connectivity index (χ4v) is 7.34. The minimum absolute atomic E-state index is 0.586. The maximum absolute atomic E-state index is 6.03. The average Bonchev–Trinajstić information content (AvgIpc) is 2.64. The molecule has 0 aliphatic carbocycles. The Kier molecular flexibility index (Phi) is 4.82. The van der Waals surface area contributed by atoms with Gasteiger partial charge in [0.1, 0.15) is 0 Å². The molecule has 0 bridgehead atoms. The maximum atomic E-state index is 6.03. The lowest BCUT2D eigenvalue weighted by molar-refractivity contribution is 0.0856. The van der Waals surface area contributed by atoms with Crippen molar-refractivity contribution in [2.24, 2.45) is 11.8 Å². The Balaban J connectivity index is 1.83. The van der Waals surface area contributed by atoms with Gasteiger partial charge in [0.2, 0.25) is 0 Å². The van der Waals surface area contributed by atoms with E-state index >= 15 is 0 Å². The van der Waals surface area contributed by atoms with Crippen molar-refractivity contribution in [2.75, 3.05) is 13.2 Å². The highest BCUT2D eigenvalue weighted by atomic mass is 28.4. The predicted molar refractivity (Wildman–Crippen MR) is 81.6 cm³/mol. The molecule has 3 heteroatoms. The van der Waals surface area contributed by atoms with E-state index in [0.717, 1.165) is 19.8 Å². The highest BCUT2D eigenvalue weighted by Crippen LogP contribution is 2.43. The fourth-order valence-electron chi connectivity index (χ4n) is 3.52. The minimum atomic E-state index is -1.50. The zero-order valence-electron chi connectivity index (χ0n) is 12.6. The second-order valence-corrected chi connectivity index (χ2v) is 10.6. The fraction of sp³-hybridized carbons (Fsp3) is 0.625. The Morgan fingerprint density at radius 2 is 2.00 bits per heavy atom. The molecule has 3 unspecified atom stereocenters. The van der Waals surface area contributed by atoms with Crippen LogP contribution in [0.5, 0.6) is 0 Å². The van der Waals surface area contributed by atoms with Gasteiger partial charge in [-0.05, 0) is 36.0 Å². The summed E-state index contributed by atoms with van der Waals surface area (Å²) in [7, 11) is -1.50. The van der Waals surface area contributed by atoms with Crippen LogP contribution in [0.15, 0.2) is 30.3 Å². The molecule has 3 atom stereocenters. The minimum Gasteiger partial charge on any atom is -0.417 e. The highest BCUT2D eigenvalue weighted by Gasteiger charge is 2.46. The van der Waals surface area contributed by atoms with Gasteiger partial charge in [-0.3, -0.25) is 0 Å². The van der Waals surface area contributed by atoms with Crippen molar-refractivity contribution >= 4 is 8.32 Å². The smallest absolute Gasteiger partial charge is 0.190 e. The van der Waals surface area contributed by atoms with Crippen molar-refractivity contribution in [3.8, 4) is 0 Å². The second-order valence-electron chi connectivity index (χ2n) is 6.40. The van der Waals surface area contributed by atoms with Crippen LogP contribution in [0.25, 0.3) is 0 Å². The quantitative estimate of drug-likeness (QED) is 0.756. The Bertz CT molecular complexity index is 391. The zero-order chi connectivity index (χ0) is 13.9. The van der Waals surface area contributed by atoms with Crippen LogP contribution in [0.3, 0.4) is 0 Å². The Hall–Kier alpha value is -0.643. The molecule has 0 radical (unpaired) electrons. The monoisotopic (exact) mass is 278 g/mol. The number of hydrogen-bond donors (Lipinski definition) is 0. The topological polar surface area (TPSA) is 18.5 Å². The maximum Gasteiger partial charge on any atom is 0.190 e. The van der Waals surface area contributed by atoms with Crippen LogP contribution < -0.4 is 0 Å². The summed E-state index contributed by atoms with van der Waals surface area (Å²) in [5.41, 5.74) is 1.96. The summed E-state index contributed by atoms with van der Waals surface area (Å²) in [4.78, 5) is 0. The van der Waals surface area contributed by atoms with Gasteiger partial charge in [0, 0.05) is 13.2 Å². The number of rotatable bonds is 5. The first-order valence-corrected chi connectivity index (χ1v) is 10.2. The number of benzene rings is 1. The van der Waals surface area contributed by atoms with Crippen LogP contribution in [0.2, 0.25) is 18.6 Å². The first-order chi connectivity index (χ1) is 9.00. The molecule has 0 spiro atoms. The Morgan fingerprint density at radius 3 is 2.58 bits per heavy atom. The van der Waals surface area contributed by atoms with Crippen molar-refractivity contribution in [2.45, 2.75) is 39.1 Å². The Morgan fingerprint density at radius 1 is 1.32 bits per heavy atom. The van der Waals surface area contributed by atoms with Gasteiger partial charge in [-0.2, -0.15) is 0 Å². The van der Waals surface area contributed by atoms with Gasteiger partial charge in [0.05, 0.1) is 6.61 Å². The first-order valence-electron chi connectivity index (χ1n) is 7.26. The van der Waals surface area contributed by atoms with Crippen LogP contribution in [0.4, 0.5) is 0 Å². The van der Waals surface area contributed by atoms with Crippen molar-refractivity contribution < 1.29 is 9.16 Å². The van der Waals surface area contributed by atoms with Gasteiger partial charge in [0.25, 0.3) is 0 Å². The van der Waals surface area contributed by atoms with Crippen LogP contribution in [0.1, 0.15) is 19.4 Å². The lowest BCUT2D eigenvalue weighted by Gasteiger charge is -2.30. The lowest BCUT2D eigenvalue weighted by atomic mass is 9.98. The summed E-state index contributed by atoms with van der Waals surface area (Å²) in [6, 6.07) is 10.4. The third kappa shape index (κ3) is 3.68. The van der Waals surface area contributed by atoms with Gasteiger partial charge in [-0.15, -0.1) is 0 Å². The molecule has 0 amide bonds. The van der Waals surface area contributed by atoms with E-state index in [0.29, 0.717) is 17.4 Å². The van der Waals surface area contributed by atoms with E-state index in [4.69, 9.17) is 9.16 Å². The molecule has 0 saturated carbocycles. The van der Waals surface area contributed by atoms with Crippen molar-refractivity contribution in [3.63, 3.8) is 0 Å². The molecule has 2 rings (SSSR count). The number of ether oxygens (including phenoxy) is 1. The summed E-state index contributed by atoms with van der Waals surface area (Å²) < 4.78 is 11.9. The molecule has 2 nitrogen and oxygen atoms in total. The molecule has 1 saturated heterocycles. The molecule has 19 heavy (non-hydrogen) atoms. The van der Waals surface area contributed by atoms with Crippen molar-refractivity contribution in [3.05, 3.63) is 35.9 Å². The van der Waals surface area contributed by atoms with Gasteiger partial charge in [0.15, 0.2) is 8.32 Å². The van der Waals surface area contributed by atoms with E-state index in [1.165, 1.54) is 5.56 Å². The van der Waals surface area contributed by atoms with Gasteiger partial charge < -0.3 is 9.16 Å². The highest BCUT2D eigenvalue weighted by molar-refractivity contribution is 6.73. The van der Waals surface area contributed by atoms with Gasteiger partial charge in [-0.25, -0.2) is 0 Å². The normalized spacial score (nSPS) is 27.4. The van der Waals surface area contributed by atoms with E-state index in [-0.39, 0.29) is 0 Å². The molecular formula is C16H26O2Si. The molecule has 0 N–H and O–H groups in total. The van der Waals surface area contributed by atoms with Crippen molar-refractivity contribution in [1.29, 1.82) is 0 Å². The SMILES string of the molecule is CC(COCc1ccccc1)C1C(C)CO[Si]1(C)C. The molecule has 1 aromatic carbocycles. The molecule has 1 aromatic rings. The molecule has 0 aromatic heterocycles. The second kappa shape index (κ2) is 6.20. The Labute approximate surface area is 118 Å². The molecule has 1 heterocycles. The van der Waals surface area contributed by atoms with Crippen LogP contribution >= 0.6 is 0 Å². The third-order valence-corrected chi connectivity index (χ3v) is 7.89. The number of hydrogen-bond acceptors (Lipinski definition) is 2. The summed E-state index contributed by atoms with van der Waals surface area (Å²) in [6.07, 6.45) is 0. The predicted octanol–water partition coefficient (Wildman–Crippen LogP) is 4.08. The first kappa shape index (κ1) is 14.8. The van der Waals surface area contributed by atoms with E-state index in [1.54, 1.807) is 0 Å². The van der Waals surface area contributed by atoms with E-state index in [2.05, 4.69) is 51.2 Å². The standard InChI is InChI=1S/C16H26O2Si/c1-13(16-14(2)11-18-19(16,3)4)10-17-12-15-8-6-5-7-9-15/h5-9,13-14,16H,10-12H2,1-4H3. The average molecular weight is 278 g/mol. The van der Waals surface area contributed by atoms with E-state index in [1.807, 2.05) is 6.07 Å². The molecule has 1 aliphatic heterocycles. The largest absolute Gasteiger partial charge is 0.417 e. The molecule has 106 valence electrons. The summed E-state index contributed by atoms with van der Waals surface area (Å²) in [5.74, 6) is 1.26.